The second-order valence-corrected chi connectivity index (χ2v) is 10.2. The van der Waals surface area contributed by atoms with Crippen LogP contribution in [0.1, 0.15) is 17.8 Å². The van der Waals surface area contributed by atoms with Gasteiger partial charge in [-0.05, 0) is 60.2 Å². The summed E-state index contributed by atoms with van der Waals surface area (Å²) in [6.07, 6.45) is 3.81. The Morgan fingerprint density at radius 2 is 2.11 bits per heavy atom. The Morgan fingerprint density at radius 1 is 1.25 bits per heavy atom. The molecule has 0 unspecified atom stereocenters. The van der Waals surface area contributed by atoms with Crippen LogP contribution in [0, 0.1) is 17.4 Å². The van der Waals surface area contributed by atoms with Crippen LogP contribution >= 0.6 is 22.6 Å². The van der Waals surface area contributed by atoms with Crippen LogP contribution in [-0.2, 0) is 9.53 Å². The minimum absolute atomic E-state index is 0.00635. The van der Waals surface area contributed by atoms with Crippen molar-refractivity contribution < 1.29 is 14.3 Å². The lowest BCUT2D eigenvalue weighted by atomic mass is 10.1. The number of aryl methyl sites for hydroxylation is 1. The maximum atomic E-state index is 12.9. The highest BCUT2D eigenvalue weighted by molar-refractivity contribution is 14.1. The average Bonchev–Trinajstić information content (AvgIpc) is 3.52. The predicted molar refractivity (Wildman–Crippen MR) is 143 cm³/mol. The lowest BCUT2D eigenvalue weighted by molar-refractivity contribution is -0.136. The Morgan fingerprint density at radius 3 is 2.89 bits per heavy atom. The molecular formula is C25H26IN7O3. The highest BCUT2D eigenvalue weighted by Crippen LogP contribution is 2.32. The van der Waals surface area contributed by atoms with Crippen LogP contribution in [0.4, 0.5) is 5.69 Å². The third-order valence-corrected chi connectivity index (χ3v) is 8.46. The minimum atomic E-state index is -0.449. The van der Waals surface area contributed by atoms with E-state index in [1.807, 2.05) is 28.9 Å². The van der Waals surface area contributed by atoms with Gasteiger partial charge in [0.1, 0.15) is 12.7 Å². The number of nitrogens with one attached hydrogen (secondary N) is 1. The predicted octanol–water partition coefficient (Wildman–Crippen LogP) is 3.22. The Labute approximate surface area is 221 Å². The van der Waals surface area contributed by atoms with Crippen LogP contribution in [0.15, 0.2) is 36.7 Å². The van der Waals surface area contributed by atoms with E-state index in [0.717, 1.165) is 37.5 Å². The van der Waals surface area contributed by atoms with Crippen molar-refractivity contribution >= 4 is 39.8 Å². The second kappa shape index (κ2) is 9.04. The molecule has 0 saturated carbocycles. The number of carbonyl (C=O) groups excluding carboxylic acids is 1. The Bertz CT molecular complexity index is 1480. The highest BCUT2D eigenvalue weighted by Gasteiger charge is 2.39. The minimum Gasteiger partial charge on any atom is -0.475 e. The van der Waals surface area contributed by atoms with E-state index in [9.17, 15) is 4.79 Å². The van der Waals surface area contributed by atoms with Gasteiger partial charge in [0.25, 0.3) is 5.91 Å². The maximum absolute atomic E-state index is 12.9. The van der Waals surface area contributed by atoms with Crippen molar-refractivity contribution in [1.29, 1.82) is 0 Å². The third kappa shape index (κ3) is 3.90. The van der Waals surface area contributed by atoms with Gasteiger partial charge in [0, 0.05) is 50.1 Å². The van der Waals surface area contributed by atoms with Crippen molar-refractivity contribution in [3.05, 3.63) is 51.6 Å². The molecule has 4 aromatic rings. The monoisotopic (exact) mass is 599 g/mol. The quantitative estimate of drug-likeness (QED) is 0.354. The Kier molecular flexibility index (Phi) is 5.83. The molecule has 1 amide bonds. The number of hydrogen-bond donors (Lipinski definition) is 1. The fraction of sp³-hybridized carbons (Fsp3) is 0.360. The molecule has 1 N–H and O–H groups in total. The van der Waals surface area contributed by atoms with E-state index in [-0.39, 0.29) is 11.9 Å². The van der Waals surface area contributed by atoms with Gasteiger partial charge in [-0.2, -0.15) is 15.2 Å². The number of rotatable bonds is 2. The van der Waals surface area contributed by atoms with Crippen molar-refractivity contribution in [3.8, 4) is 22.7 Å². The van der Waals surface area contributed by atoms with E-state index in [0.29, 0.717) is 37.6 Å². The zero-order valence-electron chi connectivity index (χ0n) is 20.2. The lowest BCUT2D eigenvalue weighted by Crippen LogP contribution is -2.41. The van der Waals surface area contributed by atoms with Crippen LogP contribution < -0.4 is 10.1 Å². The zero-order chi connectivity index (χ0) is 25.0. The molecule has 3 aromatic heterocycles. The zero-order valence-corrected chi connectivity index (χ0v) is 22.4. The molecule has 186 valence electrons. The SMILES string of the molecule is CO[C@@H]1C[C@H]2COc3ccn4ncc(c4n3)-c3cc(cc(-n4nc(C)c(I)c4C)c3)NCCN2C1=O. The topological polar surface area (TPSA) is 98.8 Å². The molecule has 0 spiro atoms. The van der Waals surface area contributed by atoms with Crippen LogP contribution in [0.2, 0.25) is 0 Å². The molecule has 10 nitrogen and oxygen atoms in total. The van der Waals surface area contributed by atoms with Gasteiger partial charge in [-0.1, -0.05) is 0 Å². The number of fused-ring (bicyclic) bond motifs is 5. The summed E-state index contributed by atoms with van der Waals surface area (Å²) in [5.41, 5.74) is 6.49. The van der Waals surface area contributed by atoms with Crippen molar-refractivity contribution in [2.24, 2.45) is 0 Å². The summed E-state index contributed by atoms with van der Waals surface area (Å²) in [7, 11) is 1.58. The van der Waals surface area contributed by atoms with E-state index in [4.69, 9.17) is 19.6 Å². The molecule has 1 saturated heterocycles. The third-order valence-electron chi connectivity index (χ3n) is 6.90. The van der Waals surface area contributed by atoms with E-state index < -0.39 is 6.10 Å². The summed E-state index contributed by atoms with van der Waals surface area (Å²) in [6.45, 7) is 5.56. The number of carbonyl (C=O) groups is 1. The Balaban J connectivity index is 1.48. The van der Waals surface area contributed by atoms with Crippen molar-refractivity contribution in [2.45, 2.75) is 32.4 Å². The first kappa shape index (κ1) is 23.2. The van der Waals surface area contributed by atoms with Gasteiger partial charge >= 0.3 is 0 Å². The standard InChI is InChI=1S/C25H26IN7O3/c1-14-23(26)15(2)33(30-14)18-9-16-8-17(10-18)27-5-7-31-19(11-21(35-3)25(31)34)13-36-22-4-6-32-24(29-22)20(16)12-28-32/h4,6,8-10,12,19,21,27H,5,7,11,13H2,1-3H3/t19-,21+/m0/s1. The molecule has 5 heterocycles. The van der Waals surface area contributed by atoms with Gasteiger partial charge < -0.3 is 19.7 Å². The first-order valence-electron chi connectivity index (χ1n) is 11.8. The summed E-state index contributed by atoms with van der Waals surface area (Å²) in [5, 5.41) is 12.8. The smallest absolute Gasteiger partial charge is 0.252 e. The number of hydrogen-bond acceptors (Lipinski definition) is 7. The second-order valence-electron chi connectivity index (χ2n) is 9.14. The van der Waals surface area contributed by atoms with Crippen LogP contribution in [0.25, 0.3) is 22.5 Å². The first-order chi connectivity index (χ1) is 17.4. The summed E-state index contributed by atoms with van der Waals surface area (Å²) < 4.78 is 16.4. The molecule has 4 bridgehead atoms. The van der Waals surface area contributed by atoms with Gasteiger partial charge in [-0.15, -0.1) is 0 Å². The summed E-state index contributed by atoms with van der Waals surface area (Å²) in [4.78, 5) is 19.6. The van der Waals surface area contributed by atoms with Gasteiger partial charge in [-0.3, -0.25) is 4.79 Å². The van der Waals surface area contributed by atoms with E-state index in [1.165, 1.54) is 0 Å². The van der Waals surface area contributed by atoms with Gasteiger partial charge in [0.15, 0.2) is 5.65 Å². The van der Waals surface area contributed by atoms with Crippen molar-refractivity contribution in [3.63, 3.8) is 0 Å². The number of aromatic nitrogens is 5. The molecule has 6 rings (SSSR count). The van der Waals surface area contributed by atoms with Crippen LogP contribution in [0.3, 0.4) is 0 Å². The summed E-state index contributed by atoms with van der Waals surface area (Å²) in [5.74, 6) is 0.491. The van der Waals surface area contributed by atoms with Crippen molar-refractivity contribution in [1.82, 2.24) is 29.3 Å². The number of amides is 1. The molecule has 2 atom stereocenters. The molecule has 0 radical (unpaired) electrons. The highest BCUT2D eigenvalue weighted by atomic mass is 127. The number of anilines is 1. The van der Waals surface area contributed by atoms with E-state index >= 15 is 0 Å². The molecular weight excluding hydrogens is 573 g/mol. The lowest BCUT2D eigenvalue weighted by Gasteiger charge is -2.25. The fourth-order valence-electron chi connectivity index (χ4n) is 4.99. The van der Waals surface area contributed by atoms with Gasteiger partial charge in [0.2, 0.25) is 5.88 Å². The number of nitrogens with zero attached hydrogens (tertiary/aromatic N) is 6. The van der Waals surface area contributed by atoms with Gasteiger partial charge in [0.05, 0.1) is 32.9 Å². The van der Waals surface area contributed by atoms with Crippen molar-refractivity contribution in [2.75, 3.05) is 32.1 Å². The first-order valence-corrected chi connectivity index (χ1v) is 12.9. The molecule has 36 heavy (non-hydrogen) atoms. The Hall–Kier alpha value is -3.19. The van der Waals surface area contributed by atoms with Gasteiger partial charge in [-0.25, -0.2) is 9.20 Å². The number of benzene rings is 1. The normalized spacial score (nSPS) is 19.8. The summed E-state index contributed by atoms with van der Waals surface area (Å²) >= 11 is 2.33. The maximum Gasteiger partial charge on any atom is 0.252 e. The molecule has 1 aromatic carbocycles. The number of ether oxygens (including phenoxy) is 2. The molecule has 1 fully saturated rings. The van der Waals surface area contributed by atoms with E-state index in [1.54, 1.807) is 17.7 Å². The van der Waals surface area contributed by atoms with E-state index in [2.05, 4.69) is 58.1 Å². The molecule has 0 aliphatic carbocycles. The number of methoxy groups -OCH3 is 1. The molecule has 11 heteroatoms. The largest absolute Gasteiger partial charge is 0.475 e. The number of halogens is 1. The fourth-order valence-corrected chi connectivity index (χ4v) is 5.33. The summed E-state index contributed by atoms with van der Waals surface area (Å²) in [6, 6.07) is 7.97. The van der Waals surface area contributed by atoms with Crippen LogP contribution in [0.5, 0.6) is 5.88 Å². The molecule has 2 aliphatic heterocycles. The van der Waals surface area contributed by atoms with Crippen LogP contribution in [-0.4, -0.2) is 74.1 Å². The average molecular weight is 599 g/mol. The molecule has 2 aliphatic rings.